The van der Waals surface area contributed by atoms with Crippen LogP contribution < -0.4 is 0 Å². The lowest BCUT2D eigenvalue weighted by Gasteiger charge is -2.25. The Kier molecular flexibility index (Phi) is 6.79. The molecule has 0 saturated carbocycles. The third kappa shape index (κ3) is 5.92. The molecule has 1 fully saturated rings. The Labute approximate surface area is 161 Å². The van der Waals surface area contributed by atoms with Crippen LogP contribution in [-0.4, -0.2) is 48.0 Å². The largest absolute Gasteiger partial charge is 0.468 e. The number of nitrogens with zero attached hydrogens (tertiary/aromatic N) is 1. The topological polar surface area (TPSA) is 55.8 Å². The normalized spacial score (nSPS) is 18.8. The fraction of sp³-hybridized carbons (Fsp3) is 0.556. The van der Waals surface area contributed by atoms with Gasteiger partial charge in [-0.15, -0.1) is 11.8 Å². The van der Waals surface area contributed by atoms with Crippen LogP contribution >= 0.6 is 27.7 Å². The van der Waals surface area contributed by atoms with Crippen molar-refractivity contribution >= 4 is 39.8 Å². The van der Waals surface area contributed by atoms with Gasteiger partial charge in [-0.1, -0.05) is 22.0 Å². The van der Waals surface area contributed by atoms with Crippen LogP contribution in [0.25, 0.3) is 0 Å². The first-order valence-electron chi connectivity index (χ1n) is 8.17. The van der Waals surface area contributed by atoms with Crippen LogP contribution in [-0.2, 0) is 14.3 Å². The van der Waals surface area contributed by atoms with Crippen molar-refractivity contribution in [2.45, 2.75) is 42.9 Å². The van der Waals surface area contributed by atoms with E-state index in [9.17, 15) is 9.59 Å². The molecular formula is C18H24BrNO4S. The molecule has 1 amide bonds. The predicted octanol–water partition coefficient (Wildman–Crippen LogP) is 4.34. The Morgan fingerprint density at radius 1 is 1.36 bits per heavy atom. The average Bonchev–Trinajstić information content (AvgIpc) is 3.00. The number of rotatable bonds is 4. The van der Waals surface area contributed by atoms with Crippen molar-refractivity contribution in [2.75, 3.05) is 20.2 Å². The van der Waals surface area contributed by atoms with E-state index in [2.05, 4.69) is 15.9 Å². The summed E-state index contributed by atoms with van der Waals surface area (Å²) in [6.07, 6.45) is 0.422. The van der Waals surface area contributed by atoms with Crippen LogP contribution in [0.15, 0.2) is 33.6 Å². The van der Waals surface area contributed by atoms with E-state index in [4.69, 9.17) is 9.47 Å². The van der Waals surface area contributed by atoms with Gasteiger partial charge in [-0.3, -0.25) is 4.79 Å². The van der Waals surface area contributed by atoms with E-state index in [-0.39, 0.29) is 23.2 Å². The number of ether oxygens (including phenoxy) is 2. The number of methoxy groups -OCH3 is 1. The van der Waals surface area contributed by atoms with Gasteiger partial charge in [0.15, 0.2) is 0 Å². The molecule has 0 bridgehead atoms. The monoisotopic (exact) mass is 429 g/mol. The molecule has 5 nitrogen and oxygen atoms in total. The number of benzene rings is 1. The van der Waals surface area contributed by atoms with Crippen LogP contribution in [0.3, 0.4) is 0 Å². The molecular weight excluding hydrogens is 406 g/mol. The van der Waals surface area contributed by atoms with E-state index in [0.29, 0.717) is 13.1 Å². The van der Waals surface area contributed by atoms with Crippen LogP contribution in [0.1, 0.15) is 27.2 Å². The summed E-state index contributed by atoms with van der Waals surface area (Å²) in [6, 6.07) is 7.81. The minimum Gasteiger partial charge on any atom is -0.468 e. The van der Waals surface area contributed by atoms with E-state index in [1.165, 1.54) is 18.9 Å². The van der Waals surface area contributed by atoms with Gasteiger partial charge >= 0.3 is 12.1 Å². The number of carbonyl (C=O) groups excluding carboxylic acids is 2. The van der Waals surface area contributed by atoms with E-state index >= 15 is 0 Å². The maximum atomic E-state index is 12.3. The summed E-state index contributed by atoms with van der Waals surface area (Å²) < 4.78 is 11.4. The molecule has 1 aromatic rings. The summed E-state index contributed by atoms with van der Waals surface area (Å²) in [5.74, 6) is -0.232. The fourth-order valence-electron chi connectivity index (χ4n) is 2.67. The molecule has 138 valence electrons. The summed E-state index contributed by atoms with van der Waals surface area (Å²) in [5, 5.41) is -0.355. The zero-order valence-electron chi connectivity index (χ0n) is 15.0. The Morgan fingerprint density at radius 3 is 2.68 bits per heavy atom. The molecule has 1 heterocycles. The van der Waals surface area contributed by atoms with Crippen LogP contribution in [0, 0.1) is 5.92 Å². The van der Waals surface area contributed by atoms with Crippen LogP contribution in [0.5, 0.6) is 0 Å². The predicted molar refractivity (Wildman–Crippen MR) is 102 cm³/mol. The lowest BCUT2D eigenvalue weighted by Crippen LogP contribution is -2.37. The zero-order chi connectivity index (χ0) is 18.6. The van der Waals surface area contributed by atoms with Crippen molar-refractivity contribution in [3.8, 4) is 0 Å². The zero-order valence-corrected chi connectivity index (χ0v) is 17.4. The Morgan fingerprint density at radius 2 is 2.08 bits per heavy atom. The minimum absolute atomic E-state index is 0.0314. The molecule has 1 aliphatic heterocycles. The minimum atomic E-state index is -0.526. The summed E-state index contributed by atoms with van der Waals surface area (Å²) in [6.45, 7) is 6.62. The van der Waals surface area contributed by atoms with Crippen LogP contribution in [0.2, 0.25) is 0 Å². The first kappa shape index (κ1) is 20.1. The van der Waals surface area contributed by atoms with E-state index in [1.807, 2.05) is 45.0 Å². The van der Waals surface area contributed by atoms with Crippen LogP contribution in [0.4, 0.5) is 4.79 Å². The fourth-order valence-corrected chi connectivity index (χ4v) is 4.47. The molecule has 1 saturated heterocycles. The van der Waals surface area contributed by atoms with Crippen molar-refractivity contribution in [3.05, 3.63) is 28.7 Å². The van der Waals surface area contributed by atoms with E-state index in [0.717, 1.165) is 15.8 Å². The second-order valence-corrected chi connectivity index (χ2v) is 9.12. The van der Waals surface area contributed by atoms with Crippen molar-refractivity contribution in [2.24, 2.45) is 5.92 Å². The second kappa shape index (κ2) is 8.45. The van der Waals surface area contributed by atoms with Crippen molar-refractivity contribution in [1.82, 2.24) is 4.90 Å². The third-order valence-corrected chi connectivity index (χ3v) is 5.65. The maximum absolute atomic E-state index is 12.3. The second-order valence-electron chi connectivity index (χ2n) is 6.99. The summed E-state index contributed by atoms with van der Waals surface area (Å²) in [7, 11) is 1.40. The van der Waals surface area contributed by atoms with E-state index < -0.39 is 5.60 Å². The standard InChI is InChI=1S/C18H24BrNO4S/c1-18(2,3)24-17(22)20-9-8-12(11-20)15(16(21)23-4)25-14-7-5-6-13(19)10-14/h5-7,10,12,15H,8-9,11H2,1-4H3/t12-,15?/m0/s1. The smallest absolute Gasteiger partial charge is 0.410 e. The van der Waals surface area contributed by atoms with Crippen molar-refractivity contribution < 1.29 is 19.1 Å². The highest BCUT2D eigenvalue weighted by Crippen LogP contribution is 2.35. The number of halogens is 1. The van der Waals surface area contributed by atoms with E-state index in [1.54, 1.807) is 4.90 Å². The SMILES string of the molecule is COC(=O)C(Sc1cccc(Br)c1)[C@H]1CCN(C(=O)OC(C)(C)C)C1. The summed E-state index contributed by atoms with van der Waals surface area (Å²) in [4.78, 5) is 27.2. The van der Waals surface area contributed by atoms with Crippen molar-refractivity contribution in [3.63, 3.8) is 0 Å². The van der Waals surface area contributed by atoms with Gasteiger partial charge in [0.2, 0.25) is 0 Å². The van der Waals surface area contributed by atoms with Gasteiger partial charge in [0, 0.05) is 28.4 Å². The number of carbonyl (C=O) groups is 2. The molecule has 0 spiro atoms. The first-order valence-corrected chi connectivity index (χ1v) is 9.85. The molecule has 0 radical (unpaired) electrons. The lowest BCUT2D eigenvalue weighted by atomic mass is 10.0. The molecule has 0 N–H and O–H groups in total. The molecule has 1 aromatic carbocycles. The number of hydrogen-bond donors (Lipinski definition) is 0. The van der Waals surface area contributed by atoms with Gasteiger partial charge in [0.05, 0.1) is 7.11 Å². The highest BCUT2D eigenvalue weighted by atomic mass is 79.9. The van der Waals surface area contributed by atoms with Crippen molar-refractivity contribution in [1.29, 1.82) is 0 Å². The van der Waals surface area contributed by atoms with Gasteiger partial charge in [0.25, 0.3) is 0 Å². The molecule has 2 atom stereocenters. The molecule has 0 aromatic heterocycles. The van der Waals surface area contributed by atoms with Gasteiger partial charge in [-0.05, 0) is 45.4 Å². The summed E-state index contributed by atoms with van der Waals surface area (Å²) in [5.41, 5.74) is -0.526. The molecule has 2 rings (SSSR count). The van der Waals surface area contributed by atoms with Gasteiger partial charge < -0.3 is 14.4 Å². The number of thioether (sulfide) groups is 1. The molecule has 1 aliphatic rings. The summed E-state index contributed by atoms with van der Waals surface area (Å²) >= 11 is 4.92. The van der Waals surface area contributed by atoms with Gasteiger partial charge in [0.1, 0.15) is 10.9 Å². The Hall–Kier alpha value is -1.21. The number of esters is 1. The highest BCUT2D eigenvalue weighted by molar-refractivity contribution is 9.10. The lowest BCUT2D eigenvalue weighted by molar-refractivity contribution is -0.140. The quantitative estimate of drug-likeness (QED) is 0.526. The molecule has 25 heavy (non-hydrogen) atoms. The Bertz CT molecular complexity index is 632. The first-order chi connectivity index (χ1) is 11.7. The number of hydrogen-bond acceptors (Lipinski definition) is 5. The van der Waals surface area contributed by atoms with Gasteiger partial charge in [-0.25, -0.2) is 4.79 Å². The Balaban J connectivity index is 2.07. The number of amides is 1. The van der Waals surface area contributed by atoms with Gasteiger partial charge in [-0.2, -0.15) is 0 Å². The average molecular weight is 430 g/mol. The third-order valence-electron chi connectivity index (χ3n) is 3.80. The molecule has 1 unspecified atom stereocenters. The molecule has 7 heteroatoms. The maximum Gasteiger partial charge on any atom is 0.410 e. The number of likely N-dealkylation sites (tertiary alicyclic amines) is 1. The molecule has 0 aliphatic carbocycles. The highest BCUT2D eigenvalue weighted by Gasteiger charge is 2.38.